The largest absolute Gasteiger partial charge is 0.326 e. The number of fused-ring (bicyclic) bond motifs is 1. The number of rotatable bonds is 7. The third-order valence-electron chi connectivity index (χ3n) is 5.38. The molecule has 32 heavy (non-hydrogen) atoms. The Labute approximate surface area is 197 Å². The molecule has 6 heteroatoms. The maximum atomic E-state index is 12.8. The molecule has 3 aromatic carbocycles. The van der Waals surface area contributed by atoms with Gasteiger partial charge in [-0.05, 0) is 52.9 Å². The summed E-state index contributed by atoms with van der Waals surface area (Å²) < 4.78 is 0.543. The number of carbonyl (C=O) groups excluding carboxylic acids is 2. The fraction of sp³-hybridized carbons (Fsp3) is 0.192. The summed E-state index contributed by atoms with van der Waals surface area (Å²) in [7, 11) is 0. The van der Waals surface area contributed by atoms with Crippen molar-refractivity contribution >= 4 is 62.7 Å². The van der Waals surface area contributed by atoms with Crippen LogP contribution in [0.25, 0.3) is 16.8 Å². The zero-order valence-electron chi connectivity index (χ0n) is 17.8. The molecule has 0 spiro atoms. The van der Waals surface area contributed by atoms with Crippen LogP contribution >= 0.6 is 24.0 Å². The highest BCUT2D eigenvalue weighted by molar-refractivity contribution is 8.26. The second-order valence-corrected chi connectivity index (χ2v) is 9.32. The summed E-state index contributed by atoms with van der Waals surface area (Å²) in [4.78, 5) is 27.4. The number of nitrogens with one attached hydrogen (secondary N) is 1. The van der Waals surface area contributed by atoms with Crippen molar-refractivity contribution in [3.8, 4) is 0 Å². The number of aryl methyl sites for hydroxylation is 1. The number of hydrogen-bond donors (Lipinski definition) is 1. The Morgan fingerprint density at radius 2 is 1.81 bits per heavy atom. The van der Waals surface area contributed by atoms with Crippen LogP contribution < -0.4 is 5.32 Å². The van der Waals surface area contributed by atoms with Gasteiger partial charge in [0.1, 0.15) is 4.32 Å². The van der Waals surface area contributed by atoms with Crippen molar-refractivity contribution in [1.82, 2.24) is 4.90 Å². The van der Waals surface area contributed by atoms with Crippen LogP contribution in [0.3, 0.4) is 0 Å². The van der Waals surface area contributed by atoms with E-state index in [1.807, 2.05) is 60.7 Å². The van der Waals surface area contributed by atoms with Crippen LogP contribution in [0.4, 0.5) is 5.69 Å². The van der Waals surface area contributed by atoms with E-state index in [1.54, 1.807) is 4.90 Å². The second kappa shape index (κ2) is 10.1. The van der Waals surface area contributed by atoms with E-state index in [0.717, 1.165) is 28.4 Å². The van der Waals surface area contributed by atoms with E-state index in [9.17, 15) is 9.59 Å². The van der Waals surface area contributed by atoms with Crippen LogP contribution in [-0.2, 0) is 16.0 Å². The van der Waals surface area contributed by atoms with Gasteiger partial charge in [0.15, 0.2) is 0 Å². The van der Waals surface area contributed by atoms with Crippen LogP contribution in [0.2, 0.25) is 0 Å². The summed E-state index contributed by atoms with van der Waals surface area (Å²) in [5.74, 6) is -0.160. The molecular formula is C26H24N2O2S2. The molecule has 1 aliphatic heterocycles. The van der Waals surface area contributed by atoms with Crippen molar-refractivity contribution in [3.05, 3.63) is 82.8 Å². The average molecular weight is 461 g/mol. The molecule has 3 aromatic rings. The Hall–Kier alpha value is -2.96. The predicted molar refractivity (Wildman–Crippen MR) is 138 cm³/mol. The van der Waals surface area contributed by atoms with Gasteiger partial charge in [-0.3, -0.25) is 14.5 Å². The molecular weight excluding hydrogens is 436 g/mol. The first-order valence-corrected chi connectivity index (χ1v) is 11.9. The van der Waals surface area contributed by atoms with E-state index in [4.69, 9.17) is 12.2 Å². The van der Waals surface area contributed by atoms with E-state index in [-0.39, 0.29) is 11.8 Å². The molecule has 0 aliphatic carbocycles. The average Bonchev–Trinajstić information content (AvgIpc) is 3.07. The van der Waals surface area contributed by atoms with E-state index in [0.29, 0.717) is 28.6 Å². The van der Waals surface area contributed by atoms with E-state index < -0.39 is 0 Å². The first-order valence-electron chi connectivity index (χ1n) is 10.7. The summed E-state index contributed by atoms with van der Waals surface area (Å²) in [6.07, 6.45) is 3.73. The standard InChI is InChI=1S/C26H24N2O2S2/c1-2-18-9-11-19(12-10-18)16-23-25(30)28(26(31)32-23)15-5-8-24(29)27-22-14-13-20-6-3-4-7-21(20)17-22/h3-4,6-7,9-14,16-17H,2,5,8,15H2,1H3,(H,27,29)/b23-16-. The lowest BCUT2D eigenvalue weighted by Crippen LogP contribution is -2.29. The predicted octanol–water partition coefficient (Wildman–Crippen LogP) is 6.02. The second-order valence-electron chi connectivity index (χ2n) is 7.64. The number of nitrogens with zero attached hydrogens (tertiary/aromatic N) is 1. The molecule has 4 rings (SSSR count). The molecule has 0 aromatic heterocycles. The zero-order chi connectivity index (χ0) is 22.5. The van der Waals surface area contributed by atoms with Crippen molar-refractivity contribution in [1.29, 1.82) is 0 Å². The third kappa shape index (κ3) is 5.26. The number of thioether (sulfide) groups is 1. The number of carbonyl (C=O) groups is 2. The van der Waals surface area contributed by atoms with Crippen molar-refractivity contribution in [3.63, 3.8) is 0 Å². The van der Waals surface area contributed by atoms with Gasteiger partial charge in [-0.15, -0.1) is 0 Å². The molecule has 4 nitrogen and oxygen atoms in total. The molecule has 0 unspecified atom stereocenters. The van der Waals surface area contributed by atoms with Gasteiger partial charge in [-0.1, -0.05) is 85.5 Å². The maximum absolute atomic E-state index is 12.8. The molecule has 0 radical (unpaired) electrons. The topological polar surface area (TPSA) is 49.4 Å². The van der Waals surface area contributed by atoms with Crippen molar-refractivity contribution < 1.29 is 9.59 Å². The Morgan fingerprint density at radius 3 is 2.56 bits per heavy atom. The number of thiocarbonyl (C=S) groups is 1. The molecule has 2 amide bonds. The quantitative estimate of drug-likeness (QED) is 0.346. The lowest BCUT2D eigenvalue weighted by Gasteiger charge is -2.14. The lowest BCUT2D eigenvalue weighted by molar-refractivity contribution is -0.122. The highest BCUT2D eigenvalue weighted by Gasteiger charge is 2.31. The highest BCUT2D eigenvalue weighted by Crippen LogP contribution is 2.32. The summed E-state index contributed by atoms with van der Waals surface area (Å²) in [5, 5.41) is 5.16. The Morgan fingerprint density at radius 1 is 1.06 bits per heavy atom. The van der Waals surface area contributed by atoms with Crippen molar-refractivity contribution in [2.24, 2.45) is 0 Å². The van der Waals surface area contributed by atoms with Crippen LogP contribution in [0, 0.1) is 0 Å². The minimum atomic E-state index is -0.0884. The molecule has 0 atom stereocenters. The van der Waals surface area contributed by atoms with Crippen molar-refractivity contribution in [2.75, 3.05) is 11.9 Å². The molecule has 1 aliphatic rings. The first-order chi connectivity index (χ1) is 15.5. The van der Waals surface area contributed by atoms with Gasteiger partial charge in [0, 0.05) is 18.7 Å². The van der Waals surface area contributed by atoms with Gasteiger partial charge < -0.3 is 5.32 Å². The molecule has 0 bridgehead atoms. The zero-order valence-corrected chi connectivity index (χ0v) is 19.5. The highest BCUT2D eigenvalue weighted by atomic mass is 32.2. The van der Waals surface area contributed by atoms with Crippen LogP contribution in [-0.4, -0.2) is 27.6 Å². The van der Waals surface area contributed by atoms with Crippen molar-refractivity contribution in [2.45, 2.75) is 26.2 Å². The molecule has 1 N–H and O–H groups in total. The van der Waals surface area contributed by atoms with Gasteiger partial charge >= 0.3 is 0 Å². The molecule has 1 saturated heterocycles. The fourth-order valence-corrected chi connectivity index (χ4v) is 4.89. The lowest BCUT2D eigenvalue weighted by atomic mass is 10.1. The summed E-state index contributed by atoms with van der Waals surface area (Å²) in [6.45, 7) is 2.55. The molecule has 1 fully saturated rings. The minimum absolute atomic E-state index is 0.0720. The normalized spacial score (nSPS) is 15.0. The Balaban J connectivity index is 1.30. The van der Waals surface area contributed by atoms with Gasteiger partial charge in [-0.2, -0.15) is 0 Å². The van der Waals surface area contributed by atoms with Gasteiger partial charge in [0.2, 0.25) is 5.91 Å². The maximum Gasteiger partial charge on any atom is 0.266 e. The van der Waals surface area contributed by atoms with Crippen LogP contribution in [0.1, 0.15) is 30.9 Å². The summed E-state index contributed by atoms with van der Waals surface area (Å²) in [6, 6.07) is 22.1. The van der Waals surface area contributed by atoms with E-state index in [1.165, 1.54) is 17.3 Å². The smallest absolute Gasteiger partial charge is 0.266 e. The summed E-state index contributed by atoms with van der Waals surface area (Å²) >= 11 is 6.72. The van der Waals surface area contributed by atoms with Gasteiger partial charge in [0.05, 0.1) is 4.91 Å². The van der Waals surface area contributed by atoms with Gasteiger partial charge in [0.25, 0.3) is 5.91 Å². The number of amides is 2. The summed E-state index contributed by atoms with van der Waals surface area (Å²) in [5.41, 5.74) is 3.02. The Kier molecular flexibility index (Phi) is 7.02. The first kappa shape index (κ1) is 22.2. The monoisotopic (exact) mass is 460 g/mol. The van der Waals surface area contributed by atoms with E-state index in [2.05, 4.69) is 24.4 Å². The number of anilines is 1. The van der Waals surface area contributed by atoms with Crippen LogP contribution in [0.15, 0.2) is 71.6 Å². The number of benzene rings is 3. The minimum Gasteiger partial charge on any atom is -0.326 e. The Bertz CT molecular complexity index is 1200. The molecule has 162 valence electrons. The van der Waals surface area contributed by atoms with E-state index >= 15 is 0 Å². The molecule has 1 heterocycles. The number of hydrogen-bond acceptors (Lipinski definition) is 4. The van der Waals surface area contributed by atoms with Gasteiger partial charge in [-0.25, -0.2) is 0 Å². The molecule has 0 saturated carbocycles. The third-order valence-corrected chi connectivity index (χ3v) is 6.76. The SMILES string of the molecule is CCc1ccc(/C=C2\SC(=S)N(CCCC(=O)Nc3ccc4ccccc4c3)C2=O)cc1. The fourth-order valence-electron chi connectivity index (χ4n) is 3.58. The van der Waals surface area contributed by atoms with Crippen LogP contribution in [0.5, 0.6) is 0 Å².